The van der Waals surface area contributed by atoms with E-state index in [1.54, 1.807) is 0 Å². The monoisotopic (exact) mass is 239 g/mol. The second-order valence-corrected chi connectivity index (χ2v) is 5.41. The topological polar surface area (TPSA) is 57.6 Å². The van der Waals surface area contributed by atoms with Crippen LogP contribution >= 0.6 is 0 Å². The SMILES string of the molecule is O=C(CC1(C(=O)O)CCC1)N1CCCCCC1. The van der Waals surface area contributed by atoms with Crippen molar-refractivity contribution in [3.8, 4) is 0 Å². The zero-order valence-corrected chi connectivity index (χ0v) is 10.3. The number of hydrogen-bond acceptors (Lipinski definition) is 2. The number of carbonyl (C=O) groups excluding carboxylic acids is 1. The first-order valence-corrected chi connectivity index (χ1v) is 6.65. The van der Waals surface area contributed by atoms with Crippen LogP contribution in [0.15, 0.2) is 0 Å². The molecule has 0 spiro atoms. The summed E-state index contributed by atoms with van der Waals surface area (Å²) in [6.07, 6.45) is 6.99. The van der Waals surface area contributed by atoms with E-state index in [9.17, 15) is 14.7 Å². The number of likely N-dealkylation sites (tertiary alicyclic amines) is 1. The normalized spacial score (nSPS) is 23.6. The molecule has 0 aromatic heterocycles. The van der Waals surface area contributed by atoms with Gasteiger partial charge in [0.1, 0.15) is 0 Å². The lowest BCUT2D eigenvalue weighted by Crippen LogP contribution is -2.44. The smallest absolute Gasteiger partial charge is 0.310 e. The van der Waals surface area contributed by atoms with E-state index in [1.807, 2.05) is 4.90 Å². The van der Waals surface area contributed by atoms with Gasteiger partial charge in [0.25, 0.3) is 0 Å². The van der Waals surface area contributed by atoms with Crippen LogP contribution in [0.2, 0.25) is 0 Å². The molecule has 2 rings (SSSR count). The molecule has 0 aromatic rings. The van der Waals surface area contributed by atoms with Gasteiger partial charge in [-0.2, -0.15) is 0 Å². The van der Waals surface area contributed by atoms with E-state index in [1.165, 1.54) is 12.8 Å². The summed E-state index contributed by atoms with van der Waals surface area (Å²) >= 11 is 0. The number of carbonyl (C=O) groups is 2. The predicted octanol–water partition coefficient (Wildman–Crippen LogP) is 2.03. The molecule has 2 aliphatic rings. The Bertz CT molecular complexity index is 302. The zero-order valence-electron chi connectivity index (χ0n) is 10.3. The zero-order chi connectivity index (χ0) is 12.3. The average Bonchev–Trinajstić information content (AvgIpc) is 2.50. The summed E-state index contributed by atoms with van der Waals surface area (Å²) in [6.45, 7) is 1.63. The second kappa shape index (κ2) is 5.07. The van der Waals surface area contributed by atoms with Crippen molar-refractivity contribution in [2.24, 2.45) is 5.41 Å². The highest BCUT2D eigenvalue weighted by Gasteiger charge is 2.46. The Kier molecular flexibility index (Phi) is 3.69. The lowest BCUT2D eigenvalue weighted by Gasteiger charge is -2.38. The molecule has 1 saturated heterocycles. The van der Waals surface area contributed by atoms with Crippen molar-refractivity contribution >= 4 is 11.9 Å². The molecule has 4 nitrogen and oxygen atoms in total. The van der Waals surface area contributed by atoms with E-state index in [2.05, 4.69) is 0 Å². The molecule has 1 saturated carbocycles. The second-order valence-electron chi connectivity index (χ2n) is 5.41. The van der Waals surface area contributed by atoms with Crippen molar-refractivity contribution in [3.63, 3.8) is 0 Å². The third-order valence-corrected chi connectivity index (χ3v) is 4.21. The fraction of sp³-hybridized carbons (Fsp3) is 0.846. The van der Waals surface area contributed by atoms with Gasteiger partial charge in [0.05, 0.1) is 5.41 Å². The van der Waals surface area contributed by atoms with Gasteiger partial charge in [-0.3, -0.25) is 9.59 Å². The standard InChI is InChI=1S/C13H21NO3/c15-11(14-8-3-1-2-4-9-14)10-13(12(16)17)6-5-7-13/h1-10H2,(H,16,17). The predicted molar refractivity (Wildman–Crippen MR) is 63.6 cm³/mol. The van der Waals surface area contributed by atoms with Gasteiger partial charge < -0.3 is 10.0 Å². The summed E-state index contributed by atoms with van der Waals surface area (Å²) < 4.78 is 0. The molecule has 96 valence electrons. The first-order valence-electron chi connectivity index (χ1n) is 6.65. The van der Waals surface area contributed by atoms with Crippen LogP contribution in [-0.2, 0) is 9.59 Å². The molecule has 17 heavy (non-hydrogen) atoms. The highest BCUT2D eigenvalue weighted by molar-refractivity contribution is 5.85. The van der Waals surface area contributed by atoms with Crippen LogP contribution in [0, 0.1) is 5.41 Å². The van der Waals surface area contributed by atoms with Gasteiger partial charge >= 0.3 is 5.97 Å². The van der Waals surface area contributed by atoms with E-state index in [4.69, 9.17) is 0 Å². The van der Waals surface area contributed by atoms with Crippen LogP contribution < -0.4 is 0 Å². The van der Waals surface area contributed by atoms with Crippen molar-refractivity contribution in [2.45, 2.75) is 51.4 Å². The minimum Gasteiger partial charge on any atom is -0.481 e. The summed E-state index contributed by atoms with van der Waals surface area (Å²) in [5, 5.41) is 9.22. The van der Waals surface area contributed by atoms with Crippen molar-refractivity contribution in [1.29, 1.82) is 0 Å². The van der Waals surface area contributed by atoms with E-state index in [-0.39, 0.29) is 12.3 Å². The summed E-state index contributed by atoms with van der Waals surface area (Å²) in [5.74, 6) is -0.735. The Labute approximate surface area is 102 Å². The Morgan fingerprint density at radius 1 is 1.00 bits per heavy atom. The van der Waals surface area contributed by atoms with Gasteiger partial charge in [0.2, 0.25) is 5.91 Å². The lowest BCUT2D eigenvalue weighted by atomic mass is 9.66. The van der Waals surface area contributed by atoms with Gasteiger partial charge in [0, 0.05) is 19.5 Å². The number of nitrogens with zero attached hydrogens (tertiary/aromatic N) is 1. The first kappa shape index (κ1) is 12.4. The Balaban J connectivity index is 1.93. The molecule has 0 unspecified atom stereocenters. The number of carboxylic acids is 1. The fourth-order valence-corrected chi connectivity index (χ4v) is 2.79. The maximum Gasteiger partial charge on any atom is 0.310 e. The van der Waals surface area contributed by atoms with Crippen molar-refractivity contribution < 1.29 is 14.7 Å². The number of rotatable bonds is 3. The van der Waals surface area contributed by atoms with Crippen molar-refractivity contribution in [1.82, 2.24) is 4.90 Å². The highest BCUT2D eigenvalue weighted by atomic mass is 16.4. The van der Waals surface area contributed by atoms with Gasteiger partial charge in [0.15, 0.2) is 0 Å². The molecule has 0 atom stereocenters. The van der Waals surface area contributed by atoms with Crippen LogP contribution in [0.25, 0.3) is 0 Å². The number of hydrogen-bond donors (Lipinski definition) is 1. The Morgan fingerprint density at radius 3 is 2.00 bits per heavy atom. The third kappa shape index (κ3) is 2.61. The maximum atomic E-state index is 12.1. The minimum atomic E-state index is -0.785. The molecule has 1 N–H and O–H groups in total. The largest absolute Gasteiger partial charge is 0.481 e. The Morgan fingerprint density at radius 2 is 1.59 bits per heavy atom. The third-order valence-electron chi connectivity index (χ3n) is 4.21. The molecule has 4 heteroatoms. The van der Waals surface area contributed by atoms with Crippen LogP contribution in [0.1, 0.15) is 51.4 Å². The van der Waals surface area contributed by atoms with Gasteiger partial charge in [-0.15, -0.1) is 0 Å². The average molecular weight is 239 g/mol. The molecule has 1 amide bonds. The number of carboxylic acid groups (broad SMARTS) is 1. The molecular weight excluding hydrogens is 218 g/mol. The summed E-state index contributed by atoms with van der Waals surface area (Å²) in [6, 6.07) is 0. The van der Waals surface area contributed by atoms with Crippen LogP contribution in [-0.4, -0.2) is 35.0 Å². The summed E-state index contributed by atoms with van der Waals surface area (Å²) in [5.41, 5.74) is -0.733. The molecule has 0 bridgehead atoms. The molecule has 1 aliphatic heterocycles. The van der Waals surface area contributed by atoms with Crippen LogP contribution in [0.4, 0.5) is 0 Å². The quantitative estimate of drug-likeness (QED) is 0.819. The lowest BCUT2D eigenvalue weighted by molar-refractivity contribution is -0.159. The number of amides is 1. The van der Waals surface area contributed by atoms with Gasteiger partial charge in [-0.25, -0.2) is 0 Å². The molecule has 0 radical (unpaired) electrons. The minimum absolute atomic E-state index is 0.0500. The van der Waals surface area contributed by atoms with Gasteiger partial charge in [-0.05, 0) is 25.7 Å². The van der Waals surface area contributed by atoms with E-state index >= 15 is 0 Å². The Hall–Kier alpha value is -1.06. The molecular formula is C13H21NO3. The van der Waals surface area contributed by atoms with Crippen LogP contribution in [0.5, 0.6) is 0 Å². The van der Waals surface area contributed by atoms with Crippen molar-refractivity contribution in [3.05, 3.63) is 0 Å². The van der Waals surface area contributed by atoms with E-state index in [0.29, 0.717) is 12.8 Å². The highest BCUT2D eigenvalue weighted by Crippen LogP contribution is 2.44. The fourth-order valence-electron chi connectivity index (χ4n) is 2.79. The summed E-state index contributed by atoms with van der Waals surface area (Å²) in [7, 11) is 0. The summed E-state index contributed by atoms with van der Waals surface area (Å²) in [4.78, 5) is 25.2. The molecule has 0 aromatic carbocycles. The van der Waals surface area contributed by atoms with Crippen molar-refractivity contribution in [2.75, 3.05) is 13.1 Å². The molecule has 2 fully saturated rings. The van der Waals surface area contributed by atoms with E-state index < -0.39 is 11.4 Å². The van der Waals surface area contributed by atoms with E-state index in [0.717, 1.165) is 32.4 Å². The molecule has 1 heterocycles. The molecule has 1 aliphatic carbocycles. The maximum absolute atomic E-state index is 12.1. The first-order chi connectivity index (χ1) is 8.14. The van der Waals surface area contributed by atoms with Gasteiger partial charge in [-0.1, -0.05) is 19.3 Å². The number of aliphatic carboxylic acids is 1. The van der Waals surface area contributed by atoms with Crippen LogP contribution in [0.3, 0.4) is 0 Å².